The van der Waals surface area contributed by atoms with Gasteiger partial charge in [0.25, 0.3) is 0 Å². The number of nitrogens with one attached hydrogen (secondary N) is 1. The van der Waals surface area contributed by atoms with E-state index in [0.29, 0.717) is 22.6 Å². The Balaban J connectivity index is 2.45. The number of nitrogens with zero attached hydrogens (tertiary/aromatic N) is 1. The van der Waals surface area contributed by atoms with Crippen molar-refractivity contribution >= 4 is 34.2 Å². The molecule has 0 aliphatic carbocycles. The van der Waals surface area contributed by atoms with Gasteiger partial charge in [0.15, 0.2) is 0 Å². The quantitative estimate of drug-likeness (QED) is 0.578. The number of aryl methyl sites for hydroxylation is 1. The predicted octanol–water partition coefficient (Wildman–Crippen LogP) is 2.00. The van der Waals surface area contributed by atoms with Crippen LogP contribution < -0.4 is 15.2 Å². The van der Waals surface area contributed by atoms with Crippen LogP contribution in [-0.4, -0.2) is 24.3 Å². The minimum Gasteiger partial charge on any atom is -0.548 e. The first-order chi connectivity index (χ1) is 12.5. The first-order valence-corrected chi connectivity index (χ1v) is 9.11. The smallest absolute Gasteiger partial charge is 0.138 e. The van der Waals surface area contributed by atoms with E-state index in [1.807, 2.05) is 19.1 Å². The lowest BCUT2D eigenvalue weighted by molar-refractivity contribution is -0.307. The largest absolute Gasteiger partial charge is 0.548 e. The lowest BCUT2D eigenvalue weighted by Crippen LogP contribution is -2.34. The molecule has 6 nitrogen and oxygen atoms in total. The molecule has 1 atom stereocenters. The number of benzene rings is 2. The van der Waals surface area contributed by atoms with E-state index in [1.54, 1.807) is 30.3 Å². The van der Waals surface area contributed by atoms with Gasteiger partial charge >= 0.3 is 0 Å². The van der Waals surface area contributed by atoms with Crippen LogP contribution in [0.15, 0.2) is 36.4 Å². The highest BCUT2D eigenvalue weighted by Crippen LogP contribution is 2.34. The Morgan fingerprint density at radius 3 is 2.62 bits per heavy atom. The second kappa shape index (κ2) is 9.40. The van der Waals surface area contributed by atoms with Crippen molar-refractivity contribution in [1.82, 2.24) is 0 Å². The molecule has 0 fully saturated rings. The summed E-state index contributed by atoms with van der Waals surface area (Å²) in [7, 11) is 0. The van der Waals surface area contributed by atoms with Crippen molar-refractivity contribution in [2.75, 3.05) is 18.5 Å². The Hall–Kier alpha value is -2.31. The summed E-state index contributed by atoms with van der Waals surface area (Å²) >= 11 is 2.09. The van der Waals surface area contributed by atoms with E-state index in [2.05, 4.69) is 27.9 Å². The van der Waals surface area contributed by atoms with Gasteiger partial charge in [0.1, 0.15) is 12.4 Å². The maximum atomic E-state index is 11.8. The molecule has 2 aromatic carbocycles. The number of carbonyl (C=O) groups is 1. The maximum Gasteiger partial charge on any atom is 0.138 e. The molecule has 0 spiro atoms. The summed E-state index contributed by atoms with van der Waals surface area (Å²) in [5.74, 6) is -0.889. The van der Waals surface area contributed by atoms with E-state index in [9.17, 15) is 9.90 Å². The Labute approximate surface area is 165 Å². The van der Waals surface area contributed by atoms with Crippen LogP contribution in [0.5, 0.6) is 5.75 Å². The number of carbonyl (C=O) groups excluding carboxylic acids is 1. The van der Waals surface area contributed by atoms with Gasteiger partial charge in [-0.3, -0.25) is 0 Å². The molecule has 0 saturated carbocycles. The van der Waals surface area contributed by atoms with Crippen LogP contribution in [0.1, 0.15) is 29.7 Å². The fourth-order valence-corrected chi connectivity index (χ4v) is 3.33. The number of ether oxygens (including phenoxy) is 1. The van der Waals surface area contributed by atoms with E-state index in [1.165, 1.54) is 0 Å². The third-order valence-corrected chi connectivity index (χ3v) is 4.55. The summed E-state index contributed by atoms with van der Waals surface area (Å²) in [5, 5.41) is 32.7. The van der Waals surface area contributed by atoms with E-state index in [0.717, 1.165) is 15.6 Å². The lowest BCUT2D eigenvalue weighted by Gasteiger charge is -2.25. The number of aliphatic carboxylic acids is 1. The van der Waals surface area contributed by atoms with Gasteiger partial charge in [0, 0.05) is 11.3 Å². The number of hydrogen-bond acceptors (Lipinski definition) is 6. The predicted molar refractivity (Wildman–Crippen MR) is 104 cm³/mol. The molecule has 0 amide bonds. The number of aliphatic hydroxyl groups is 1. The molecule has 0 aliphatic rings. The lowest BCUT2D eigenvalue weighted by atomic mass is 10.0. The molecule has 0 heterocycles. The van der Waals surface area contributed by atoms with Crippen molar-refractivity contribution in [3.8, 4) is 11.8 Å². The van der Waals surface area contributed by atoms with Crippen molar-refractivity contribution in [3.63, 3.8) is 0 Å². The molecular weight excluding hydrogens is 447 g/mol. The third-order valence-electron chi connectivity index (χ3n) is 3.75. The topological polar surface area (TPSA) is 105 Å². The Morgan fingerprint density at radius 1 is 1.38 bits per heavy atom. The maximum absolute atomic E-state index is 11.8. The van der Waals surface area contributed by atoms with Crippen LogP contribution in [0, 0.1) is 14.9 Å². The van der Waals surface area contributed by atoms with Gasteiger partial charge in [-0.15, -0.1) is 0 Å². The molecule has 0 bridgehead atoms. The number of hydrogen-bond donors (Lipinski definition) is 2. The first-order valence-electron chi connectivity index (χ1n) is 8.03. The van der Waals surface area contributed by atoms with Crippen molar-refractivity contribution in [1.29, 1.82) is 5.26 Å². The Bertz CT molecular complexity index is 816. The summed E-state index contributed by atoms with van der Waals surface area (Å²) in [5.41, 5.74) is 2.43. The highest BCUT2D eigenvalue weighted by Gasteiger charge is 2.21. The van der Waals surface area contributed by atoms with Crippen LogP contribution in [-0.2, 0) is 11.2 Å². The van der Waals surface area contributed by atoms with Crippen molar-refractivity contribution in [2.45, 2.75) is 19.4 Å². The fraction of sp³-hybridized carbons (Fsp3) is 0.263. The number of rotatable bonds is 8. The van der Waals surface area contributed by atoms with Crippen LogP contribution in [0.25, 0.3) is 0 Å². The molecule has 7 heteroatoms. The minimum absolute atomic E-state index is 0.0606. The molecule has 0 aromatic heterocycles. The zero-order valence-electron chi connectivity index (χ0n) is 14.2. The molecule has 2 N–H and O–H groups in total. The SMILES string of the molecule is CCc1cc(I)c(OCCO)c(C(Nc2ccc(C#N)cc2)C(=O)[O-])c1. The van der Waals surface area contributed by atoms with Crippen LogP contribution in [0.2, 0.25) is 0 Å². The zero-order chi connectivity index (χ0) is 19.1. The third kappa shape index (κ3) is 4.86. The second-order valence-electron chi connectivity index (χ2n) is 5.51. The highest BCUT2D eigenvalue weighted by molar-refractivity contribution is 14.1. The van der Waals surface area contributed by atoms with Crippen LogP contribution >= 0.6 is 22.6 Å². The molecule has 2 rings (SSSR count). The van der Waals surface area contributed by atoms with Gasteiger partial charge in [-0.05, 0) is 71.0 Å². The summed E-state index contributed by atoms with van der Waals surface area (Å²) in [4.78, 5) is 11.8. The van der Waals surface area contributed by atoms with Crippen LogP contribution in [0.4, 0.5) is 5.69 Å². The second-order valence-corrected chi connectivity index (χ2v) is 6.67. The van der Waals surface area contributed by atoms with E-state index < -0.39 is 12.0 Å². The molecule has 0 radical (unpaired) electrons. The molecule has 1 unspecified atom stereocenters. The molecule has 26 heavy (non-hydrogen) atoms. The molecular formula is C19H18IN2O4-. The van der Waals surface area contributed by atoms with E-state index >= 15 is 0 Å². The summed E-state index contributed by atoms with van der Waals surface area (Å²) < 4.78 is 6.35. The number of carboxylic acid groups (broad SMARTS) is 1. The van der Waals surface area contributed by atoms with Gasteiger partial charge in [0.2, 0.25) is 0 Å². The van der Waals surface area contributed by atoms with Gasteiger partial charge in [-0.25, -0.2) is 0 Å². The van der Waals surface area contributed by atoms with Gasteiger partial charge < -0.3 is 25.1 Å². The van der Waals surface area contributed by atoms with Crippen molar-refractivity contribution in [2.24, 2.45) is 0 Å². The normalized spacial score (nSPS) is 11.5. The molecule has 0 aliphatic heterocycles. The highest BCUT2D eigenvalue weighted by atomic mass is 127. The van der Waals surface area contributed by atoms with Gasteiger partial charge in [-0.2, -0.15) is 5.26 Å². The Morgan fingerprint density at radius 2 is 2.08 bits per heavy atom. The standard InChI is InChI=1S/C19H19IN2O4/c1-2-12-9-15(18(16(20)10-12)26-8-7-23)17(19(24)25)22-14-5-3-13(11-21)4-6-14/h3-6,9-10,17,22-23H,2,7-8H2,1H3,(H,24,25)/p-1. The number of nitriles is 1. The van der Waals surface area contributed by atoms with Crippen LogP contribution in [0.3, 0.4) is 0 Å². The van der Waals surface area contributed by atoms with Gasteiger partial charge in [0.05, 0.1) is 33.8 Å². The molecule has 2 aromatic rings. The van der Waals surface area contributed by atoms with Gasteiger partial charge in [-0.1, -0.05) is 6.92 Å². The minimum atomic E-state index is -1.30. The number of aliphatic hydroxyl groups excluding tert-OH is 1. The molecule has 0 saturated heterocycles. The fourth-order valence-electron chi connectivity index (χ4n) is 2.46. The summed E-state index contributed by atoms with van der Waals surface area (Å²) in [6, 6.07) is 11.0. The average Bonchev–Trinajstić information content (AvgIpc) is 2.65. The molecule has 136 valence electrons. The number of halogens is 1. The Kier molecular flexibility index (Phi) is 7.24. The zero-order valence-corrected chi connectivity index (χ0v) is 16.3. The van der Waals surface area contributed by atoms with E-state index in [4.69, 9.17) is 15.1 Å². The average molecular weight is 465 g/mol. The monoisotopic (exact) mass is 465 g/mol. The number of carboxylic acids is 1. The summed E-state index contributed by atoms with van der Waals surface area (Å²) in [6.45, 7) is 1.86. The number of anilines is 1. The van der Waals surface area contributed by atoms with Crippen molar-refractivity contribution in [3.05, 3.63) is 56.7 Å². The summed E-state index contributed by atoms with van der Waals surface area (Å²) in [6.07, 6.45) is 0.736. The van der Waals surface area contributed by atoms with Crippen molar-refractivity contribution < 1.29 is 19.7 Å². The first kappa shape index (κ1) is 20.0. The van der Waals surface area contributed by atoms with E-state index in [-0.39, 0.29) is 13.2 Å².